The first-order chi connectivity index (χ1) is 13.0. The lowest BCUT2D eigenvalue weighted by atomic mass is 10.2. The molecule has 2 aromatic carbocycles. The molecule has 0 aromatic heterocycles. The van der Waals surface area contributed by atoms with E-state index in [1.807, 2.05) is 0 Å². The molecule has 0 saturated carbocycles. The predicted molar refractivity (Wildman–Crippen MR) is 101 cm³/mol. The molecule has 0 atom stereocenters. The molecule has 0 fully saturated rings. The molecule has 0 aliphatic rings. The number of methoxy groups -OCH3 is 3. The van der Waals surface area contributed by atoms with Gasteiger partial charge in [-0.15, -0.1) is 0 Å². The molecule has 1 N–H and O–H groups in total. The van der Waals surface area contributed by atoms with Crippen LogP contribution in [0.5, 0.6) is 17.2 Å². The van der Waals surface area contributed by atoms with Crippen molar-refractivity contribution in [3.8, 4) is 17.2 Å². The number of hydrogen-bond donors (Lipinski definition) is 1. The monoisotopic (exact) mass is 371 g/mol. The van der Waals surface area contributed by atoms with Crippen molar-refractivity contribution < 1.29 is 28.5 Å². The number of esters is 1. The average molecular weight is 371 g/mol. The number of rotatable bonds is 8. The van der Waals surface area contributed by atoms with Crippen LogP contribution < -0.4 is 19.5 Å². The molecule has 0 bridgehead atoms. The highest BCUT2D eigenvalue weighted by Crippen LogP contribution is 2.25. The lowest BCUT2D eigenvalue weighted by Gasteiger charge is -2.08. The highest BCUT2D eigenvalue weighted by molar-refractivity contribution is 5.94. The Kier molecular flexibility index (Phi) is 7.25. The van der Waals surface area contributed by atoms with E-state index >= 15 is 0 Å². The summed E-state index contributed by atoms with van der Waals surface area (Å²) < 4.78 is 20.4. The molecule has 27 heavy (non-hydrogen) atoms. The maximum absolute atomic E-state index is 11.9. The molecule has 7 heteroatoms. The molecule has 2 rings (SSSR count). The number of hydrogen-bond acceptors (Lipinski definition) is 6. The van der Waals surface area contributed by atoms with Gasteiger partial charge in [-0.25, -0.2) is 4.79 Å². The molecule has 0 saturated heterocycles. The van der Waals surface area contributed by atoms with Crippen LogP contribution in [0.15, 0.2) is 48.5 Å². The van der Waals surface area contributed by atoms with Crippen molar-refractivity contribution in [2.75, 3.05) is 33.3 Å². The summed E-state index contributed by atoms with van der Waals surface area (Å²) in [5, 5.41) is 2.62. The van der Waals surface area contributed by atoms with E-state index < -0.39 is 18.5 Å². The van der Waals surface area contributed by atoms with Gasteiger partial charge in [-0.1, -0.05) is 6.07 Å². The lowest BCUT2D eigenvalue weighted by molar-refractivity contribution is -0.142. The maximum atomic E-state index is 11.9. The Balaban J connectivity index is 1.88. The zero-order valence-electron chi connectivity index (χ0n) is 15.4. The zero-order valence-corrected chi connectivity index (χ0v) is 15.4. The fraction of sp³-hybridized carbons (Fsp3) is 0.200. The normalized spacial score (nSPS) is 10.3. The Morgan fingerprint density at radius 1 is 0.963 bits per heavy atom. The van der Waals surface area contributed by atoms with Crippen molar-refractivity contribution in [2.24, 2.45) is 0 Å². The summed E-state index contributed by atoms with van der Waals surface area (Å²) in [7, 11) is 4.61. The van der Waals surface area contributed by atoms with E-state index in [1.165, 1.54) is 20.3 Å². The first-order valence-electron chi connectivity index (χ1n) is 8.06. The van der Waals surface area contributed by atoms with E-state index in [2.05, 4.69) is 5.32 Å². The fourth-order valence-corrected chi connectivity index (χ4v) is 2.20. The molecular weight excluding hydrogens is 350 g/mol. The molecule has 1 amide bonds. The summed E-state index contributed by atoms with van der Waals surface area (Å²) in [6, 6.07) is 12.1. The van der Waals surface area contributed by atoms with Crippen LogP contribution in [-0.4, -0.2) is 39.8 Å². The van der Waals surface area contributed by atoms with Gasteiger partial charge in [0.2, 0.25) is 0 Å². The average Bonchev–Trinajstić information content (AvgIpc) is 2.70. The van der Waals surface area contributed by atoms with Crippen molar-refractivity contribution in [3.05, 3.63) is 54.1 Å². The number of amides is 1. The van der Waals surface area contributed by atoms with Crippen LogP contribution in [0.4, 0.5) is 5.69 Å². The van der Waals surface area contributed by atoms with Crippen molar-refractivity contribution >= 4 is 23.6 Å². The van der Waals surface area contributed by atoms with Crippen LogP contribution in [0.25, 0.3) is 6.08 Å². The largest absolute Gasteiger partial charge is 0.497 e. The number of nitrogens with one attached hydrogen (secondary N) is 1. The Morgan fingerprint density at radius 3 is 2.41 bits per heavy atom. The third-order valence-corrected chi connectivity index (χ3v) is 3.54. The molecule has 0 heterocycles. The van der Waals surface area contributed by atoms with E-state index in [0.29, 0.717) is 28.5 Å². The van der Waals surface area contributed by atoms with Gasteiger partial charge < -0.3 is 24.3 Å². The van der Waals surface area contributed by atoms with Gasteiger partial charge in [-0.2, -0.15) is 0 Å². The van der Waals surface area contributed by atoms with Gasteiger partial charge in [0.25, 0.3) is 5.91 Å². The Labute approximate surface area is 157 Å². The number of anilines is 1. The predicted octanol–water partition coefficient (Wildman–Crippen LogP) is 2.91. The van der Waals surface area contributed by atoms with Crippen LogP contribution >= 0.6 is 0 Å². The zero-order chi connectivity index (χ0) is 19.6. The van der Waals surface area contributed by atoms with E-state index in [1.54, 1.807) is 55.7 Å². The molecule has 142 valence electrons. The van der Waals surface area contributed by atoms with Crippen LogP contribution in [0.3, 0.4) is 0 Å². The lowest BCUT2D eigenvalue weighted by Crippen LogP contribution is -2.20. The molecule has 0 unspecified atom stereocenters. The highest BCUT2D eigenvalue weighted by atomic mass is 16.5. The summed E-state index contributed by atoms with van der Waals surface area (Å²) in [6.07, 6.45) is 2.77. The third kappa shape index (κ3) is 6.07. The minimum atomic E-state index is -0.645. The molecule has 2 aromatic rings. The van der Waals surface area contributed by atoms with Crippen LogP contribution in [0.1, 0.15) is 5.56 Å². The SMILES string of the molecule is COc1cccc(NC(=O)COC(=O)/C=C/c2ccc(OC)cc2OC)c1. The van der Waals surface area contributed by atoms with Gasteiger partial charge in [-0.3, -0.25) is 4.79 Å². The summed E-state index contributed by atoms with van der Waals surface area (Å²) in [6.45, 7) is -0.403. The molecule has 0 radical (unpaired) electrons. The van der Waals surface area contributed by atoms with Crippen LogP contribution in [0.2, 0.25) is 0 Å². The van der Waals surface area contributed by atoms with Gasteiger partial charge in [0.15, 0.2) is 6.61 Å². The summed E-state index contributed by atoms with van der Waals surface area (Å²) in [4.78, 5) is 23.7. The molecule has 0 aliphatic heterocycles. The molecule has 0 aliphatic carbocycles. The highest BCUT2D eigenvalue weighted by Gasteiger charge is 2.07. The van der Waals surface area contributed by atoms with Crippen LogP contribution in [0, 0.1) is 0 Å². The Hall–Kier alpha value is -3.48. The number of ether oxygens (including phenoxy) is 4. The number of carbonyl (C=O) groups is 2. The second-order valence-electron chi connectivity index (χ2n) is 5.33. The van der Waals surface area contributed by atoms with Crippen molar-refractivity contribution in [3.63, 3.8) is 0 Å². The first-order valence-corrected chi connectivity index (χ1v) is 8.06. The van der Waals surface area contributed by atoms with E-state index in [0.717, 1.165) is 0 Å². The number of carbonyl (C=O) groups excluding carboxylic acids is 2. The van der Waals surface area contributed by atoms with Crippen molar-refractivity contribution in [1.82, 2.24) is 0 Å². The standard InChI is InChI=1S/C20H21NO6/c1-24-16-6-4-5-15(11-16)21-19(22)13-27-20(23)10-8-14-7-9-17(25-2)12-18(14)26-3/h4-12H,13H2,1-3H3,(H,21,22)/b10-8+. The number of benzene rings is 2. The van der Waals surface area contributed by atoms with Crippen molar-refractivity contribution in [2.45, 2.75) is 0 Å². The molecular formula is C20H21NO6. The summed E-state index contributed by atoms with van der Waals surface area (Å²) in [5.74, 6) is 0.705. The van der Waals surface area contributed by atoms with Crippen LogP contribution in [-0.2, 0) is 14.3 Å². The van der Waals surface area contributed by atoms with Gasteiger partial charge in [0, 0.05) is 29.5 Å². The summed E-state index contributed by atoms with van der Waals surface area (Å²) in [5.41, 5.74) is 1.23. The van der Waals surface area contributed by atoms with Gasteiger partial charge >= 0.3 is 5.97 Å². The quantitative estimate of drug-likeness (QED) is 0.567. The van der Waals surface area contributed by atoms with E-state index in [4.69, 9.17) is 18.9 Å². The first kappa shape index (κ1) is 19.8. The Morgan fingerprint density at radius 2 is 1.70 bits per heavy atom. The third-order valence-electron chi connectivity index (χ3n) is 3.54. The van der Waals surface area contributed by atoms with E-state index in [-0.39, 0.29) is 0 Å². The minimum absolute atomic E-state index is 0.403. The fourth-order valence-electron chi connectivity index (χ4n) is 2.20. The second-order valence-corrected chi connectivity index (χ2v) is 5.33. The topological polar surface area (TPSA) is 83.1 Å². The van der Waals surface area contributed by atoms with E-state index in [9.17, 15) is 9.59 Å². The summed E-state index contributed by atoms with van der Waals surface area (Å²) >= 11 is 0. The van der Waals surface area contributed by atoms with Gasteiger partial charge in [0.05, 0.1) is 21.3 Å². The second kappa shape index (κ2) is 9.86. The maximum Gasteiger partial charge on any atom is 0.331 e. The van der Waals surface area contributed by atoms with Gasteiger partial charge in [0.1, 0.15) is 17.2 Å². The minimum Gasteiger partial charge on any atom is -0.497 e. The smallest absolute Gasteiger partial charge is 0.331 e. The van der Waals surface area contributed by atoms with Gasteiger partial charge in [-0.05, 0) is 30.3 Å². The Bertz CT molecular complexity index is 831. The molecule has 0 spiro atoms. The van der Waals surface area contributed by atoms with Crippen molar-refractivity contribution in [1.29, 1.82) is 0 Å². The molecule has 7 nitrogen and oxygen atoms in total.